The molecule has 2 rings (SSSR count). The van der Waals surface area contributed by atoms with Gasteiger partial charge in [0.25, 0.3) is 5.91 Å². The van der Waals surface area contributed by atoms with E-state index in [4.69, 9.17) is 9.47 Å². The Balaban J connectivity index is 1.82. The van der Waals surface area contributed by atoms with Gasteiger partial charge in [-0.15, -0.1) is 0 Å². The molecular formula is C16H23NO3. The van der Waals surface area contributed by atoms with Crippen LogP contribution in [-0.4, -0.2) is 44.2 Å². The van der Waals surface area contributed by atoms with Gasteiger partial charge in [0.15, 0.2) is 6.61 Å². The SMILES string of the molecule is COCC1CCCN(C(=O)COc2cccc(C)c2)C1. The lowest BCUT2D eigenvalue weighted by atomic mass is 9.99. The molecule has 110 valence electrons. The molecular weight excluding hydrogens is 254 g/mol. The molecule has 1 aliphatic heterocycles. The standard InChI is InChI=1S/C16H23NO3/c1-13-5-3-7-15(9-13)20-12-16(18)17-8-4-6-14(10-17)11-19-2/h3,5,7,9,14H,4,6,8,10-12H2,1-2H3. The van der Waals surface area contributed by atoms with Gasteiger partial charge in [-0.25, -0.2) is 0 Å². The molecule has 0 radical (unpaired) electrons. The van der Waals surface area contributed by atoms with Gasteiger partial charge in [0, 0.05) is 20.2 Å². The number of amides is 1. The van der Waals surface area contributed by atoms with E-state index in [1.165, 1.54) is 0 Å². The number of carbonyl (C=O) groups excluding carboxylic acids is 1. The number of likely N-dealkylation sites (tertiary alicyclic amines) is 1. The molecule has 1 saturated heterocycles. The van der Waals surface area contributed by atoms with Crippen LogP contribution in [0.1, 0.15) is 18.4 Å². The van der Waals surface area contributed by atoms with E-state index in [0.29, 0.717) is 5.92 Å². The number of nitrogens with zero attached hydrogens (tertiary/aromatic N) is 1. The average Bonchev–Trinajstić information content (AvgIpc) is 2.45. The normalized spacial score (nSPS) is 18.9. The van der Waals surface area contributed by atoms with Crippen LogP contribution in [0.2, 0.25) is 0 Å². The van der Waals surface area contributed by atoms with Crippen LogP contribution in [0.25, 0.3) is 0 Å². The van der Waals surface area contributed by atoms with Gasteiger partial charge >= 0.3 is 0 Å². The maximum absolute atomic E-state index is 12.2. The zero-order valence-corrected chi connectivity index (χ0v) is 12.3. The third-order valence-corrected chi connectivity index (χ3v) is 3.63. The van der Waals surface area contributed by atoms with Crippen LogP contribution in [0.4, 0.5) is 0 Å². The van der Waals surface area contributed by atoms with Crippen molar-refractivity contribution in [2.45, 2.75) is 19.8 Å². The van der Waals surface area contributed by atoms with E-state index in [1.807, 2.05) is 36.1 Å². The van der Waals surface area contributed by atoms with Gasteiger partial charge in [0.05, 0.1) is 6.61 Å². The first-order chi connectivity index (χ1) is 9.69. The fourth-order valence-electron chi connectivity index (χ4n) is 2.60. The summed E-state index contributed by atoms with van der Waals surface area (Å²) in [6, 6.07) is 7.76. The summed E-state index contributed by atoms with van der Waals surface area (Å²) in [5.74, 6) is 1.27. The summed E-state index contributed by atoms with van der Waals surface area (Å²) in [7, 11) is 1.71. The number of ether oxygens (including phenoxy) is 2. The summed E-state index contributed by atoms with van der Waals surface area (Å²) in [4.78, 5) is 14.1. The quantitative estimate of drug-likeness (QED) is 0.828. The van der Waals surface area contributed by atoms with E-state index >= 15 is 0 Å². The van der Waals surface area contributed by atoms with Crippen molar-refractivity contribution in [2.24, 2.45) is 5.92 Å². The van der Waals surface area contributed by atoms with Crippen LogP contribution in [0, 0.1) is 12.8 Å². The molecule has 0 bridgehead atoms. The molecule has 1 aromatic rings. The largest absolute Gasteiger partial charge is 0.484 e. The van der Waals surface area contributed by atoms with Gasteiger partial charge in [0.1, 0.15) is 5.75 Å². The van der Waals surface area contributed by atoms with E-state index in [-0.39, 0.29) is 12.5 Å². The number of piperidine rings is 1. The molecule has 1 heterocycles. The molecule has 1 atom stereocenters. The summed E-state index contributed by atoms with van der Waals surface area (Å²) in [6.07, 6.45) is 2.18. The first kappa shape index (κ1) is 14.9. The van der Waals surface area contributed by atoms with Crippen LogP contribution in [0.3, 0.4) is 0 Å². The van der Waals surface area contributed by atoms with Crippen molar-refractivity contribution in [3.63, 3.8) is 0 Å². The molecule has 0 N–H and O–H groups in total. The molecule has 4 heteroatoms. The Morgan fingerprint density at radius 3 is 3.05 bits per heavy atom. The minimum Gasteiger partial charge on any atom is -0.484 e. The van der Waals surface area contributed by atoms with E-state index in [2.05, 4.69) is 0 Å². The fourth-order valence-corrected chi connectivity index (χ4v) is 2.60. The number of rotatable bonds is 5. The second-order valence-electron chi connectivity index (χ2n) is 5.41. The van der Waals surface area contributed by atoms with Crippen LogP contribution < -0.4 is 4.74 Å². The Morgan fingerprint density at radius 2 is 2.30 bits per heavy atom. The molecule has 0 aromatic heterocycles. The topological polar surface area (TPSA) is 38.8 Å². The van der Waals surface area contributed by atoms with Crippen molar-refractivity contribution in [1.82, 2.24) is 4.90 Å². The molecule has 1 aliphatic rings. The Hall–Kier alpha value is -1.55. The summed E-state index contributed by atoms with van der Waals surface area (Å²) in [6.45, 7) is 4.46. The second-order valence-corrected chi connectivity index (χ2v) is 5.41. The fraction of sp³-hybridized carbons (Fsp3) is 0.562. The molecule has 0 saturated carbocycles. The number of carbonyl (C=O) groups is 1. The maximum Gasteiger partial charge on any atom is 0.260 e. The summed E-state index contributed by atoms with van der Waals surface area (Å²) in [5, 5.41) is 0. The lowest BCUT2D eigenvalue weighted by molar-refractivity contribution is -0.135. The molecule has 0 aliphatic carbocycles. The van der Waals surface area contributed by atoms with E-state index < -0.39 is 0 Å². The minimum absolute atomic E-state index is 0.0623. The van der Waals surface area contributed by atoms with Crippen molar-refractivity contribution in [3.8, 4) is 5.75 Å². The van der Waals surface area contributed by atoms with Crippen molar-refractivity contribution in [3.05, 3.63) is 29.8 Å². The van der Waals surface area contributed by atoms with Crippen molar-refractivity contribution in [2.75, 3.05) is 33.4 Å². The lowest BCUT2D eigenvalue weighted by Crippen LogP contribution is -2.43. The highest BCUT2D eigenvalue weighted by atomic mass is 16.5. The molecule has 20 heavy (non-hydrogen) atoms. The number of hydrogen-bond donors (Lipinski definition) is 0. The van der Waals surface area contributed by atoms with Crippen LogP contribution in [0.15, 0.2) is 24.3 Å². The highest BCUT2D eigenvalue weighted by molar-refractivity contribution is 5.77. The first-order valence-corrected chi connectivity index (χ1v) is 7.15. The number of methoxy groups -OCH3 is 1. The van der Waals surface area contributed by atoms with Gasteiger partial charge in [-0.3, -0.25) is 4.79 Å². The Bertz CT molecular complexity index is 445. The van der Waals surface area contributed by atoms with E-state index in [1.54, 1.807) is 7.11 Å². The van der Waals surface area contributed by atoms with Gasteiger partial charge in [-0.2, -0.15) is 0 Å². The molecule has 0 spiro atoms. The molecule has 1 aromatic carbocycles. The van der Waals surface area contributed by atoms with Gasteiger partial charge in [-0.1, -0.05) is 12.1 Å². The van der Waals surface area contributed by atoms with Gasteiger partial charge in [-0.05, 0) is 43.4 Å². The molecule has 1 fully saturated rings. The van der Waals surface area contributed by atoms with Crippen molar-refractivity contribution < 1.29 is 14.3 Å². The highest BCUT2D eigenvalue weighted by Crippen LogP contribution is 2.17. The lowest BCUT2D eigenvalue weighted by Gasteiger charge is -2.32. The number of benzene rings is 1. The van der Waals surface area contributed by atoms with Gasteiger partial charge < -0.3 is 14.4 Å². The zero-order valence-electron chi connectivity index (χ0n) is 12.3. The smallest absolute Gasteiger partial charge is 0.260 e. The van der Waals surface area contributed by atoms with Crippen LogP contribution >= 0.6 is 0 Å². The summed E-state index contributed by atoms with van der Waals surface area (Å²) < 4.78 is 10.8. The molecule has 1 amide bonds. The first-order valence-electron chi connectivity index (χ1n) is 7.15. The Labute approximate surface area is 120 Å². The average molecular weight is 277 g/mol. The minimum atomic E-state index is 0.0623. The third-order valence-electron chi connectivity index (χ3n) is 3.63. The van der Waals surface area contributed by atoms with E-state index in [0.717, 1.165) is 43.9 Å². The highest BCUT2D eigenvalue weighted by Gasteiger charge is 2.23. The Kier molecular flexibility index (Phi) is 5.41. The Morgan fingerprint density at radius 1 is 1.45 bits per heavy atom. The van der Waals surface area contributed by atoms with Gasteiger partial charge in [0.2, 0.25) is 0 Å². The van der Waals surface area contributed by atoms with Crippen molar-refractivity contribution >= 4 is 5.91 Å². The number of aryl methyl sites for hydroxylation is 1. The van der Waals surface area contributed by atoms with Crippen LogP contribution in [0.5, 0.6) is 5.75 Å². The summed E-state index contributed by atoms with van der Waals surface area (Å²) in [5.41, 5.74) is 1.13. The number of hydrogen-bond acceptors (Lipinski definition) is 3. The van der Waals surface area contributed by atoms with E-state index in [9.17, 15) is 4.79 Å². The maximum atomic E-state index is 12.2. The van der Waals surface area contributed by atoms with Crippen molar-refractivity contribution in [1.29, 1.82) is 0 Å². The third kappa shape index (κ3) is 4.23. The predicted molar refractivity (Wildman–Crippen MR) is 77.9 cm³/mol. The second kappa shape index (κ2) is 7.29. The molecule has 4 nitrogen and oxygen atoms in total. The monoisotopic (exact) mass is 277 g/mol. The molecule has 1 unspecified atom stereocenters. The van der Waals surface area contributed by atoms with Crippen LogP contribution in [-0.2, 0) is 9.53 Å². The summed E-state index contributed by atoms with van der Waals surface area (Å²) >= 11 is 0. The predicted octanol–water partition coefficient (Wildman–Crippen LogP) is 2.26. The zero-order chi connectivity index (χ0) is 14.4.